The van der Waals surface area contributed by atoms with E-state index in [-0.39, 0.29) is 5.92 Å². The minimum atomic E-state index is -0.951. The van der Waals surface area contributed by atoms with Crippen molar-refractivity contribution in [2.45, 2.75) is 20.0 Å². The van der Waals surface area contributed by atoms with E-state index in [2.05, 4.69) is 9.99 Å². The van der Waals surface area contributed by atoms with Crippen LogP contribution in [-0.4, -0.2) is 22.9 Å². The number of carboxylic acids is 1. The van der Waals surface area contributed by atoms with Gasteiger partial charge in [-0.15, -0.1) is 0 Å². The third kappa shape index (κ3) is 0.964. The maximum absolute atomic E-state index is 10.4. The van der Waals surface area contributed by atoms with Gasteiger partial charge in [0.2, 0.25) is 6.10 Å². The van der Waals surface area contributed by atoms with Gasteiger partial charge in [-0.3, -0.25) is 0 Å². The lowest BCUT2D eigenvalue weighted by Gasteiger charge is -2.06. The minimum absolute atomic E-state index is 0.0995. The van der Waals surface area contributed by atoms with Crippen molar-refractivity contribution in [3.05, 3.63) is 0 Å². The average molecular weight is 143 g/mol. The van der Waals surface area contributed by atoms with Gasteiger partial charge in [0.1, 0.15) is 0 Å². The SMILES string of the molecule is CC1=NO[C@H](C(=O)O)[C@H]1C. The fraction of sp³-hybridized carbons (Fsp3) is 0.667. The van der Waals surface area contributed by atoms with E-state index in [1.807, 2.05) is 0 Å². The maximum Gasteiger partial charge on any atom is 0.348 e. The van der Waals surface area contributed by atoms with Crippen LogP contribution in [0.5, 0.6) is 0 Å². The summed E-state index contributed by atoms with van der Waals surface area (Å²) in [6, 6.07) is 0. The Kier molecular flexibility index (Phi) is 1.61. The fourth-order valence-corrected chi connectivity index (χ4v) is 0.792. The summed E-state index contributed by atoms with van der Waals surface area (Å²) in [6.45, 7) is 3.54. The summed E-state index contributed by atoms with van der Waals surface area (Å²) >= 11 is 0. The van der Waals surface area contributed by atoms with Gasteiger partial charge in [-0.25, -0.2) is 4.79 Å². The molecule has 4 nitrogen and oxygen atoms in total. The zero-order valence-electron chi connectivity index (χ0n) is 5.87. The number of oxime groups is 1. The molecule has 1 N–H and O–H groups in total. The monoisotopic (exact) mass is 143 g/mol. The summed E-state index contributed by atoms with van der Waals surface area (Å²) in [5, 5.41) is 12.1. The van der Waals surface area contributed by atoms with Crippen molar-refractivity contribution in [2.75, 3.05) is 0 Å². The van der Waals surface area contributed by atoms with E-state index in [1.165, 1.54) is 0 Å². The number of carboxylic acid groups (broad SMARTS) is 1. The largest absolute Gasteiger partial charge is 0.478 e. The third-order valence-corrected chi connectivity index (χ3v) is 1.67. The molecule has 56 valence electrons. The van der Waals surface area contributed by atoms with E-state index < -0.39 is 12.1 Å². The van der Waals surface area contributed by atoms with E-state index in [1.54, 1.807) is 13.8 Å². The van der Waals surface area contributed by atoms with Crippen molar-refractivity contribution in [2.24, 2.45) is 11.1 Å². The summed E-state index contributed by atoms with van der Waals surface area (Å²) in [7, 11) is 0. The van der Waals surface area contributed by atoms with E-state index in [9.17, 15) is 4.79 Å². The summed E-state index contributed by atoms with van der Waals surface area (Å²) < 4.78 is 0. The first-order chi connectivity index (χ1) is 4.63. The summed E-state index contributed by atoms with van der Waals surface area (Å²) in [4.78, 5) is 15.0. The molecule has 1 aliphatic rings. The molecule has 0 aromatic rings. The lowest BCUT2D eigenvalue weighted by Crippen LogP contribution is -2.27. The normalized spacial score (nSPS) is 31.2. The van der Waals surface area contributed by atoms with Gasteiger partial charge in [0, 0.05) is 5.92 Å². The van der Waals surface area contributed by atoms with Gasteiger partial charge < -0.3 is 9.94 Å². The Hall–Kier alpha value is -1.06. The fourth-order valence-electron chi connectivity index (χ4n) is 0.792. The Balaban J connectivity index is 2.65. The second kappa shape index (κ2) is 2.28. The van der Waals surface area contributed by atoms with Crippen LogP contribution in [0.15, 0.2) is 5.16 Å². The van der Waals surface area contributed by atoms with Crippen LogP contribution in [0.4, 0.5) is 0 Å². The highest BCUT2D eigenvalue weighted by molar-refractivity contribution is 5.90. The highest BCUT2D eigenvalue weighted by atomic mass is 16.7. The zero-order chi connectivity index (χ0) is 7.72. The number of hydrogen-bond acceptors (Lipinski definition) is 3. The molecule has 0 saturated carbocycles. The number of aliphatic carboxylic acids is 1. The smallest absolute Gasteiger partial charge is 0.348 e. The molecule has 1 rings (SSSR count). The first-order valence-electron chi connectivity index (χ1n) is 3.06. The van der Waals surface area contributed by atoms with Gasteiger partial charge in [0.15, 0.2) is 0 Å². The molecule has 2 atom stereocenters. The Bertz CT molecular complexity index is 187. The number of nitrogens with zero attached hydrogens (tertiary/aromatic N) is 1. The van der Waals surface area contributed by atoms with Crippen LogP contribution in [0.25, 0.3) is 0 Å². The lowest BCUT2D eigenvalue weighted by molar-refractivity contribution is -0.150. The summed E-state index contributed by atoms with van der Waals surface area (Å²) in [5.74, 6) is -1.05. The van der Waals surface area contributed by atoms with Crippen molar-refractivity contribution in [1.29, 1.82) is 0 Å². The van der Waals surface area contributed by atoms with E-state index in [0.717, 1.165) is 5.71 Å². The van der Waals surface area contributed by atoms with Crippen LogP contribution in [0.2, 0.25) is 0 Å². The summed E-state index contributed by atoms with van der Waals surface area (Å²) in [5.41, 5.74) is 0.743. The van der Waals surface area contributed by atoms with Crippen molar-refractivity contribution >= 4 is 11.7 Å². The number of rotatable bonds is 1. The van der Waals surface area contributed by atoms with Crippen LogP contribution >= 0.6 is 0 Å². The molecule has 0 aromatic carbocycles. The molecule has 0 amide bonds. The molecule has 0 fully saturated rings. The molecule has 10 heavy (non-hydrogen) atoms. The van der Waals surface area contributed by atoms with Crippen LogP contribution < -0.4 is 0 Å². The maximum atomic E-state index is 10.4. The molecule has 0 aliphatic carbocycles. The Morgan fingerprint density at radius 1 is 1.80 bits per heavy atom. The second-order valence-electron chi connectivity index (χ2n) is 2.39. The zero-order valence-corrected chi connectivity index (χ0v) is 5.87. The first kappa shape index (κ1) is 7.05. The van der Waals surface area contributed by atoms with Crippen molar-refractivity contribution in [1.82, 2.24) is 0 Å². The van der Waals surface area contributed by atoms with Crippen molar-refractivity contribution in [3.8, 4) is 0 Å². The molecule has 0 spiro atoms. The van der Waals surface area contributed by atoms with Gasteiger partial charge in [-0.05, 0) is 6.92 Å². The van der Waals surface area contributed by atoms with Crippen LogP contribution in [0.3, 0.4) is 0 Å². The topological polar surface area (TPSA) is 58.9 Å². The number of carbonyl (C=O) groups is 1. The third-order valence-electron chi connectivity index (χ3n) is 1.67. The van der Waals surface area contributed by atoms with Gasteiger partial charge in [0.05, 0.1) is 5.71 Å². The second-order valence-corrected chi connectivity index (χ2v) is 2.39. The molecule has 4 heteroatoms. The highest BCUT2D eigenvalue weighted by Crippen LogP contribution is 2.17. The Labute approximate surface area is 58.5 Å². The molecule has 0 unspecified atom stereocenters. The molecule has 1 heterocycles. The van der Waals surface area contributed by atoms with Gasteiger partial charge >= 0.3 is 5.97 Å². The molecule has 0 saturated heterocycles. The molecular weight excluding hydrogens is 134 g/mol. The molecule has 1 aliphatic heterocycles. The van der Waals surface area contributed by atoms with Crippen molar-refractivity contribution in [3.63, 3.8) is 0 Å². The lowest BCUT2D eigenvalue weighted by atomic mass is 10.0. The van der Waals surface area contributed by atoms with Gasteiger partial charge in [-0.2, -0.15) is 0 Å². The Morgan fingerprint density at radius 2 is 2.40 bits per heavy atom. The van der Waals surface area contributed by atoms with Crippen LogP contribution in [0, 0.1) is 5.92 Å². The highest BCUT2D eigenvalue weighted by Gasteiger charge is 2.33. The standard InChI is InChI=1S/C6H9NO3/c1-3-4(2)7-10-5(3)6(8)9/h3,5H,1-2H3,(H,8,9)/t3-,5-/m0/s1. The molecule has 0 radical (unpaired) electrons. The van der Waals surface area contributed by atoms with E-state index >= 15 is 0 Å². The average Bonchev–Trinajstić information content (AvgIpc) is 2.14. The molecule has 0 bridgehead atoms. The number of hydrogen-bond donors (Lipinski definition) is 1. The Morgan fingerprint density at radius 3 is 2.60 bits per heavy atom. The van der Waals surface area contributed by atoms with Crippen LogP contribution in [-0.2, 0) is 9.63 Å². The molecular formula is C6H9NO3. The van der Waals surface area contributed by atoms with Gasteiger partial charge in [0.25, 0.3) is 0 Å². The van der Waals surface area contributed by atoms with Crippen molar-refractivity contribution < 1.29 is 14.7 Å². The van der Waals surface area contributed by atoms with E-state index in [4.69, 9.17) is 5.11 Å². The minimum Gasteiger partial charge on any atom is -0.478 e. The quantitative estimate of drug-likeness (QED) is 0.580. The van der Waals surface area contributed by atoms with E-state index in [0.29, 0.717) is 0 Å². The predicted molar refractivity (Wildman–Crippen MR) is 34.8 cm³/mol. The first-order valence-corrected chi connectivity index (χ1v) is 3.06. The van der Waals surface area contributed by atoms with Gasteiger partial charge in [-0.1, -0.05) is 12.1 Å². The summed E-state index contributed by atoms with van der Waals surface area (Å²) in [6.07, 6.45) is -0.778. The van der Waals surface area contributed by atoms with Crippen LogP contribution in [0.1, 0.15) is 13.8 Å². The molecule has 0 aromatic heterocycles. The predicted octanol–water partition coefficient (Wildman–Crippen LogP) is 0.482.